The molecule has 13 aliphatic rings. The Morgan fingerprint density at radius 3 is 2.76 bits per heavy atom. The van der Waals surface area contributed by atoms with Gasteiger partial charge in [-0.05, 0) is 118 Å². The number of allylic oxidation sites excluding steroid dienone is 4. The highest BCUT2D eigenvalue weighted by molar-refractivity contribution is 6.00. The Hall–Kier alpha value is -3.16. The molecule has 7 nitrogen and oxygen atoms in total. The number of aryl methyl sites for hydroxylation is 1. The van der Waals surface area contributed by atoms with Crippen LogP contribution in [0, 0.1) is 46.3 Å². The molecular formula is C47H59N3O4. The van der Waals surface area contributed by atoms with Crippen LogP contribution in [0.2, 0.25) is 0 Å². The van der Waals surface area contributed by atoms with E-state index in [4.69, 9.17) is 15.2 Å². The van der Waals surface area contributed by atoms with Crippen molar-refractivity contribution in [2.45, 2.75) is 122 Å². The Morgan fingerprint density at radius 2 is 1.93 bits per heavy atom. The molecule has 2 spiro atoms. The summed E-state index contributed by atoms with van der Waals surface area (Å²) in [5.41, 5.74) is 12.2. The second-order valence-electron chi connectivity index (χ2n) is 19.1. The first-order valence-electron chi connectivity index (χ1n) is 22.0. The third-order valence-electron chi connectivity index (χ3n) is 16.9. The molecule has 3 saturated heterocycles. The van der Waals surface area contributed by atoms with Crippen LogP contribution < -0.4 is 5.73 Å². The highest BCUT2D eigenvalue weighted by atomic mass is 16.6. The zero-order valence-corrected chi connectivity index (χ0v) is 32.7. The molecule has 0 radical (unpaired) electrons. The molecule has 54 heavy (non-hydrogen) atoms. The predicted octanol–water partition coefficient (Wildman–Crippen LogP) is 7.96. The fourth-order valence-electron chi connectivity index (χ4n) is 15.3. The fourth-order valence-corrected chi connectivity index (χ4v) is 15.3. The van der Waals surface area contributed by atoms with Crippen molar-refractivity contribution in [1.82, 2.24) is 9.80 Å². The van der Waals surface area contributed by atoms with Gasteiger partial charge in [-0.3, -0.25) is 9.69 Å². The van der Waals surface area contributed by atoms with Crippen LogP contribution in [0.5, 0.6) is 0 Å². The first-order chi connectivity index (χ1) is 26.3. The largest absolute Gasteiger partial charge is 0.449 e. The number of ether oxygens (including phenoxy) is 2. The number of carbonyl (C=O) groups excluding carboxylic acids is 2. The molecular weight excluding hydrogens is 671 g/mol. The molecule has 12 bridgehead atoms. The Bertz CT molecular complexity index is 1960. The van der Waals surface area contributed by atoms with Gasteiger partial charge in [0.2, 0.25) is 0 Å². The van der Waals surface area contributed by atoms with Crippen molar-refractivity contribution in [2.24, 2.45) is 52.1 Å². The monoisotopic (exact) mass is 729 g/mol. The van der Waals surface area contributed by atoms with E-state index in [1.165, 1.54) is 49.9 Å². The van der Waals surface area contributed by atoms with Gasteiger partial charge in [0.15, 0.2) is 5.60 Å². The number of esters is 2. The van der Waals surface area contributed by atoms with Crippen molar-refractivity contribution in [1.29, 1.82) is 0 Å². The van der Waals surface area contributed by atoms with Crippen LogP contribution in [0.1, 0.15) is 119 Å². The van der Waals surface area contributed by atoms with Gasteiger partial charge in [0.25, 0.3) is 0 Å². The Kier molecular flexibility index (Phi) is 7.54. The fraction of sp³-hybridized carbons (Fsp3) is 0.660. The number of rotatable bonds is 7. The highest BCUT2D eigenvalue weighted by Crippen LogP contribution is 2.86. The van der Waals surface area contributed by atoms with Crippen molar-refractivity contribution in [3.05, 3.63) is 81.3 Å². The van der Waals surface area contributed by atoms with Gasteiger partial charge in [-0.1, -0.05) is 75.1 Å². The lowest BCUT2D eigenvalue weighted by molar-refractivity contribution is -0.275. The summed E-state index contributed by atoms with van der Waals surface area (Å²) >= 11 is 0. The number of carbonyl (C=O) groups is 2. The molecule has 2 N–H and O–H groups in total. The standard InChI is InChI=1S/C47H59N3O4/c1-4-8-32-14-18-39-45-20-19-34-35(16-15-33-27(3)22-30-13-17-37-31-23-28(24-49(32)26-31)25-50(37)42(30)41(33)34)46(45,44(52)53-39)38(9-5-2)47(45)36-12-6-10-29(11-7-21-48)40(36)43(51)54-47/h6,10,12,15-16,18,27-28,31-33,37-38,41H,4-5,7-9,11,13-14,17,19-26,48H2,1-3H3/b39-18+/t27-,28+,31-,32+,33+,37+,38-,41+,45+,46-,47+/m0/s1. The maximum absolute atomic E-state index is 15.4. The van der Waals surface area contributed by atoms with Crippen LogP contribution >= 0.6 is 0 Å². The van der Waals surface area contributed by atoms with Crippen molar-refractivity contribution in [3.8, 4) is 0 Å². The molecule has 4 aliphatic carbocycles. The number of piperidine rings is 2. The van der Waals surface area contributed by atoms with E-state index in [0.29, 0.717) is 48.2 Å². The minimum absolute atomic E-state index is 0.0994. The lowest BCUT2D eigenvalue weighted by Gasteiger charge is -2.71. The van der Waals surface area contributed by atoms with Crippen LogP contribution in [-0.2, 0) is 26.3 Å². The average Bonchev–Trinajstić information content (AvgIpc) is 3.62. The zero-order valence-electron chi connectivity index (χ0n) is 32.7. The van der Waals surface area contributed by atoms with Crippen LogP contribution in [0.3, 0.4) is 0 Å². The van der Waals surface area contributed by atoms with E-state index in [9.17, 15) is 4.79 Å². The number of nitrogens with zero attached hydrogens (tertiary/aromatic N) is 2. The minimum atomic E-state index is -0.953. The summed E-state index contributed by atoms with van der Waals surface area (Å²) in [6.45, 7) is 11.1. The van der Waals surface area contributed by atoms with Crippen molar-refractivity contribution in [2.75, 3.05) is 26.2 Å². The number of nitrogens with two attached hydrogens (primary N) is 1. The van der Waals surface area contributed by atoms with E-state index in [1.807, 2.05) is 0 Å². The molecule has 12 atom stereocenters. The van der Waals surface area contributed by atoms with Crippen molar-refractivity contribution >= 4 is 11.9 Å². The van der Waals surface area contributed by atoms with Gasteiger partial charge < -0.3 is 20.1 Å². The van der Waals surface area contributed by atoms with Crippen LogP contribution in [0.4, 0.5) is 0 Å². The van der Waals surface area contributed by atoms with Crippen molar-refractivity contribution < 1.29 is 19.1 Å². The van der Waals surface area contributed by atoms with E-state index in [-0.39, 0.29) is 17.9 Å². The van der Waals surface area contributed by atoms with E-state index in [1.54, 1.807) is 11.3 Å². The van der Waals surface area contributed by atoms with E-state index >= 15 is 4.79 Å². The van der Waals surface area contributed by atoms with Gasteiger partial charge in [0, 0.05) is 54.8 Å². The summed E-state index contributed by atoms with van der Waals surface area (Å²) in [6.07, 6.45) is 20.3. The van der Waals surface area contributed by atoms with Crippen molar-refractivity contribution in [3.63, 3.8) is 0 Å². The van der Waals surface area contributed by atoms with Gasteiger partial charge in [-0.2, -0.15) is 0 Å². The molecule has 1 aromatic rings. The summed E-state index contributed by atoms with van der Waals surface area (Å²) in [6, 6.07) is 7.37. The molecule has 9 heterocycles. The van der Waals surface area contributed by atoms with E-state index in [2.05, 4.69) is 67.0 Å². The zero-order chi connectivity index (χ0) is 36.7. The SMILES string of the molecule is CCC[C@@H]1C/C=C2/OC(=O)[C@@]34C5=C(CC[C@@]23[C@]2(OC(=O)c3c(CCCN)cccc32)[C@H]4CCC)[C@@H]2C3=C(CC[C@@H]4[C@H]6C[C@H](CN1C6)CN34)C[C@H](C)[C@H]2C=C5. The molecule has 0 aromatic heterocycles. The normalized spacial score (nSPS) is 44.2. The lowest BCUT2D eigenvalue weighted by atomic mass is 9.29. The summed E-state index contributed by atoms with van der Waals surface area (Å²) in [5.74, 6) is 2.97. The second kappa shape index (κ2) is 11.9. The Balaban J connectivity index is 1.18. The van der Waals surface area contributed by atoms with Gasteiger partial charge in [0.05, 0.1) is 11.0 Å². The first-order valence-corrected chi connectivity index (χ1v) is 22.0. The molecule has 4 fully saturated rings. The van der Waals surface area contributed by atoms with Gasteiger partial charge in [-0.15, -0.1) is 0 Å². The molecule has 0 amide bonds. The number of hydrogen-bond acceptors (Lipinski definition) is 7. The minimum Gasteiger partial charge on any atom is -0.449 e. The van der Waals surface area contributed by atoms with E-state index in [0.717, 1.165) is 86.8 Å². The van der Waals surface area contributed by atoms with Gasteiger partial charge in [-0.25, -0.2) is 4.79 Å². The predicted molar refractivity (Wildman–Crippen MR) is 208 cm³/mol. The van der Waals surface area contributed by atoms with E-state index < -0.39 is 16.4 Å². The maximum atomic E-state index is 15.4. The molecule has 9 aliphatic heterocycles. The average molecular weight is 730 g/mol. The topological polar surface area (TPSA) is 85.1 Å². The van der Waals surface area contributed by atoms with Crippen LogP contribution in [0.25, 0.3) is 0 Å². The third kappa shape index (κ3) is 3.92. The Labute approximate surface area is 321 Å². The molecule has 286 valence electrons. The van der Waals surface area contributed by atoms with Gasteiger partial charge in [0.1, 0.15) is 11.2 Å². The first kappa shape index (κ1) is 34.1. The summed E-state index contributed by atoms with van der Waals surface area (Å²) in [4.78, 5) is 35.7. The highest BCUT2D eigenvalue weighted by Gasteiger charge is 2.92. The van der Waals surface area contributed by atoms with Crippen LogP contribution in [-0.4, -0.2) is 60.0 Å². The lowest BCUT2D eigenvalue weighted by Crippen LogP contribution is -2.76. The molecule has 1 unspecified atom stereocenters. The number of fused-ring (bicyclic) bond motifs is 2. The summed E-state index contributed by atoms with van der Waals surface area (Å²) < 4.78 is 13.9. The molecule has 14 rings (SSSR count). The summed E-state index contributed by atoms with van der Waals surface area (Å²) in [7, 11) is 0. The molecule has 1 aromatic carbocycles. The second-order valence-corrected chi connectivity index (χ2v) is 19.1. The van der Waals surface area contributed by atoms with Crippen LogP contribution in [0.15, 0.2) is 64.6 Å². The number of hydrogen-bond donors (Lipinski definition) is 1. The molecule has 7 heteroatoms. The smallest absolute Gasteiger partial charge is 0.339 e. The summed E-state index contributed by atoms with van der Waals surface area (Å²) in [5, 5.41) is 0. The number of benzene rings is 1. The van der Waals surface area contributed by atoms with Gasteiger partial charge >= 0.3 is 11.9 Å². The quantitative estimate of drug-likeness (QED) is 0.285. The molecule has 1 saturated carbocycles. The third-order valence-corrected chi connectivity index (χ3v) is 16.9. The maximum Gasteiger partial charge on any atom is 0.339 e. The Morgan fingerprint density at radius 1 is 1.06 bits per heavy atom.